The lowest BCUT2D eigenvalue weighted by atomic mass is 10.2. The highest BCUT2D eigenvalue weighted by Crippen LogP contribution is 2.21. The third-order valence-electron chi connectivity index (χ3n) is 6.39. The first-order chi connectivity index (χ1) is 20.7. The van der Waals surface area contributed by atoms with Crippen LogP contribution in [0.25, 0.3) is 0 Å². The summed E-state index contributed by atoms with van der Waals surface area (Å²) >= 11 is 0. The SMILES string of the molecule is CCC(=O)N1CCCCOc2ccc(cc2)CNc2nc(nc(OCC(F)(F)F)n2)Nc2ccc(cc2)C(=O)NCCC1. The molecule has 0 spiro atoms. The number of amides is 2. The first-order valence-corrected chi connectivity index (χ1v) is 14.0. The van der Waals surface area contributed by atoms with Gasteiger partial charge in [0.25, 0.3) is 5.91 Å². The maximum atomic E-state index is 12.8. The molecule has 2 aromatic carbocycles. The number of rotatable bonds is 3. The van der Waals surface area contributed by atoms with Gasteiger partial charge in [0.1, 0.15) is 5.75 Å². The largest absolute Gasteiger partial charge is 0.494 e. The lowest BCUT2D eigenvalue weighted by molar-refractivity contribution is -0.154. The van der Waals surface area contributed by atoms with E-state index >= 15 is 0 Å². The Morgan fingerprint density at radius 3 is 2.40 bits per heavy atom. The van der Waals surface area contributed by atoms with Gasteiger partial charge in [0.05, 0.1) is 6.61 Å². The van der Waals surface area contributed by atoms with Crippen molar-refractivity contribution in [2.45, 2.75) is 45.3 Å². The Morgan fingerprint density at radius 2 is 1.67 bits per heavy atom. The van der Waals surface area contributed by atoms with E-state index in [2.05, 4.69) is 30.9 Å². The topological polar surface area (TPSA) is 131 Å². The van der Waals surface area contributed by atoms with Gasteiger partial charge >= 0.3 is 12.2 Å². The third kappa shape index (κ3) is 10.3. The summed E-state index contributed by atoms with van der Waals surface area (Å²) < 4.78 is 48.9. The summed E-state index contributed by atoms with van der Waals surface area (Å²) in [6.07, 6.45) is -2.01. The zero-order chi connectivity index (χ0) is 30.7. The number of nitrogens with zero attached hydrogens (tertiary/aromatic N) is 4. The quantitative estimate of drug-likeness (QED) is 0.391. The van der Waals surface area contributed by atoms with E-state index in [0.717, 1.165) is 18.4 Å². The van der Waals surface area contributed by atoms with Gasteiger partial charge in [0, 0.05) is 43.9 Å². The second-order valence-electron chi connectivity index (χ2n) is 9.77. The standard InChI is InChI=1S/C29H34F3N7O4/c1-2-24(40)39-15-3-4-17-42-23-12-6-20(7-13-23)18-34-26-36-27(38-28(37-26)43-19-29(30,31)32)35-22-10-8-21(9-11-22)25(41)33-14-5-16-39/h6-13H,2-5,14-19H2,1H3,(H,33,41)(H2,34,35,36,37,38). The molecule has 230 valence electrons. The number of benzene rings is 2. The lowest BCUT2D eigenvalue weighted by Gasteiger charge is -2.22. The molecule has 11 nitrogen and oxygen atoms in total. The van der Waals surface area contributed by atoms with Gasteiger partial charge in [-0.15, -0.1) is 0 Å². The maximum Gasteiger partial charge on any atom is 0.422 e. The van der Waals surface area contributed by atoms with Gasteiger partial charge in [-0.1, -0.05) is 19.1 Å². The minimum atomic E-state index is -4.57. The number of anilines is 3. The number of hydrogen-bond donors (Lipinski definition) is 3. The smallest absolute Gasteiger partial charge is 0.422 e. The van der Waals surface area contributed by atoms with Crippen LogP contribution in [0.15, 0.2) is 48.5 Å². The van der Waals surface area contributed by atoms with Gasteiger partial charge in [-0.25, -0.2) is 0 Å². The Kier molecular flexibility index (Phi) is 10.9. The average molecular weight is 602 g/mol. The molecule has 14 heteroatoms. The van der Waals surface area contributed by atoms with Gasteiger partial charge in [-0.05, 0) is 61.2 Å². The highest BCUT2D eigenvalue weighted by atomic mass is 19.4. The first-order valence-electron chi connectivity index (χ1n) is 14.0. The molecule has 1 aromatic heterocycles. The monoisotopic (exact) mass is 601 g/mol. The Bertz CT molecular complexity index is 1360. The third-order valence-corrected chi connectivity index (χ3v) is 6.39. The van der Waals surface area contributed by atoms with Crippen LogP contribution in [0.2, 0.25) is 0 Å². The molecular weight excluding hydrogens is 567 g/mol. The molecule has 0 unspecified atom stereocenters. The van der Waals surface area contributed by atoms with Crippen molar-refractivity contribution in [2.75, 3.05) is 43.5 Å². The van der Waals surface area contributed by atoms with Crippen LogP contribution in [0.5, 0.6) is 11.8 Å². The van der Waals surface area contributed by atoms with Crippen LogP contribution in [-0.4, -0.2) is 70.7 Å². The van der Waals surface area contributed by atoms with Crippen molar-refractivity contribution in [1.29, 1.82) is 0 Å². The molecule has 0 atom stereocenters. The Balaban J connectivity index is 1.52. The van der Waals surface area contributed by atoms with Gasteiger partial charge in [-0.2, -0.15) is 28.1 Å². The zero-order valence-corrected chi connectivity index (χ0v) is 23.7. The van der Waals surface area contributed by atoms with Gasteiger partial charge in [0.2, 0.25) is 17.8 Å². The Hall–Kier alpha value is -4.62. The fraction of sp³-hybridized carbons (Fsp3) is 0.414. The molecule has 3 N–H and O–H groups in total. The second-order valence-corrected chi connectivity index (χ2v) is 9.77. The number of alkyl halides is 3. The van der Waals surface area contributed by atoms with E-state index in [0.29, 0.717) is 56.1 Å². The summed E-state index contributed by atoms with van der Waals surface area (Å²) in [4.78, 5) is 39.0. The number of carbonyl (C=O) groups excluding carboxylic acids is 2. The summed E-state index contributed by atoms with van der Waals surface area (Å²) in [6, 6.07) is 13.3. The van der Waals surface area contributed by atoms with E-state index in [1.54, 1.807) is 24.3 Å². The molecule has 3 aromatic rings. The van der Waals surface area contributed by atoms with E-state index in [4.69, 9.17) is 9.47 Å². The number of ether oxygens (including phenoxy) is 2. The highest BCUT2D eigenvalue weighted by molar-refractivity contribution is 5.94. The van der Waals surface area contributed by atoms with Crippen molar-refractivity contribution in [1.82, 2.24) is 25.2 Å². The van der Waals surface area contributed by atoms with Crippen molar-refractivity contribution >= 4 is 29.4 Å². The molecule has 6 bridgehead atoms. The summed E-state index contributed by atoms with van der Waals surface area (Å²) in [7, 11) is 0. The lowest BCUT2D eigenvalue weighted by Crippen LogP contribution is -2.34. The number of carbonyl (C=O) groups is 2. The van der Waals surface area contributed by atoms with Crippen molar-refractivity contribution in [3.8, 4) is 11.8 Å². The number of hydrogen-bond acceptors (Lipinski definition) is 9. The van der Waals surface area contributed by atoms with Crippen LogP contribution in [0.4, 0.5) is 30.8 Å². The normalized spacial score (nSPS) is 15.3. The van der Waals surface area contributed by atoms with Gasteiger partial charge in [-0.3, -0.25) is 9.59 Å². The van der Waals surface area contributed by atoms with Gasteiger partial charge in [0.15, 0.2) is 6.61 Å². The van der Waals surface area contributed by atoms with Crippen molar-refractivity contribution in [3.63, 3.8) is 0 Å². The fourth-order valence-corrected chi connectivity index (χ4v) is 4.17. The maximum absolute atomic E-state index is 12.8. The molecule has 0 fully saturated rings. The van der Waals surface area contributed by atoms with Crippen LogP contribution < -0.4 is 25.4 Å². The van der Waals surface area contributed by atoms with Crippen LogP contribution in [0, 0.1) is 0 Å². The molecule has 3 aliphatic rings. The first kappa shape index (κ1) is 31.3. The predicted octanol–water partition coefficient (Wildman–Crippen LogP) is 4.70. The number of nitrogens with one attached hydrogen (secondary N) is 3. The molecule has 43 heavy (non-hydrogen) atoms. The molecule has 0 aliphatic carbocycles. The number of halogens is 3. The van der Waals surface area contributed by atoms with Crippen molar-refractivity contribution < 1.29 is 32.2 Å². The van der Waals surface area contributed by atoms with Crippen molar-refractivity contribution in [3.05, 3.63) is 59.7 Å². The predicted molar refractivity (Wildman–Crippen MR) is 153 cm³/mol. The minimum absolute atomic E-state index is 0.00659. The summed E-state index contributed by atoms with van der Waals surface area (Å²) in [5, 5.41) is 8.76. The Labute approximate surface area is 247 Å². The van der Waals surface area contributed by atoms with Crippen LogP contribution >= 0.6 is 0 Å². The van der Waals surface area contributed by atoms with E-state index < -0.39 is 18.8 Å². The molecule has 0 radical (unpaired) electrons. The molecule has 0 saturated carbocycles. The average Bonchev–Trinajstić information content (AvgIpc) is 2.99. The summed E-state index contributed by atoms with van der Waals surface area (Å²) in [6.45, 7) is 2.58. The minimum Gasteiger partial charge on any atom is -0.494 e. The van der Waals surface area contributed by atoms with E-state index in [1.807, 2.05) is 36.1 Å². The van der Waals surface area contributed by atoms with Gasteiger partial charge < -0.3 is 30.3 Å². The second kappa shape index (κ2) is 15.0. The van der Waals surface area contributed by atoms with Crippen LogP contribution in [0.1, 0.15) is 48.5 Å². The molecule has 0 saturated heterocycles. The summed E-state index contributed by atoms with van der Waals surface area (Å²) in [5.74, 6) is 0.440. The molecule has 2 amide bonds. The van der Waals surface area contributed by atoms with E-state index in [-0.39, 0.29) is 30.3 Å². The molecular formula is C29H34F3N7O4. The van der Waals surface area contributed by atoms with E-state index in [1.165, 1.54) is 0 Å². The fourth-order valence-electron chi connectivity index (χ4n) is 4.17. The highest BCUT2D eigenvalue weighted by Gasteiger charge is 2.29. The van der Waals surface area contributed by atoms with Crippen LogP contribution in [0.3, 0.4) is 0 Å². The van der Waals surface area contributed by atoms with E-state index in [9.17, 15) is 22.8 Å². The summed E-state index contributed by atoms with van der Waals surface area (Å²) in [5.41, 5.74) is 1.76. The van der Waals surface area contributed by atoms with Crippen molar-refractivity contribution in [2.24, 2.45) is 0 Å². The number of fused-ring (bicyclic) bond motifs is 2. The Morgan fingerprint density at radius 1 is 0.953 bits per heavy atom. The number of aromatic nitrogens is 3. The molecule has 4 heterocycles. The van der Waals surface area contributed by atoms with Crippen LogP contribution in [-0.2, 0) is 11.3 Å². The molecule has 3 aliphatic heterocycles. The molecule has 6 rings (SSSR count). The zero-order valence-electron chi connectivity index (χ0n) is 23.7.